The van der Waals surface area contributed by atoms with E-state index in [1.165, 1.54) is 25.7 Å². The molecule has 2 nitrogen and oxygen atoms in total. The Morgan fingerprint density at radius 3 is 2.47 bits per heavy atom. The summed E-state index contributed by atoms with van der Waals surface area (Å²) in [4.78, 5) is 0. The van der Waals surface area contributed by atoms with Crippen molar-refractivity contribution < 1.29 is 9.84 Å². The number of rotatable bonds is 1. The molecular weight excluding hydrogens is 188 g/mol. The highest BCUT2D eigenvalue weighted by atomic mass is 16.5. The van der Waals surface area contributed by atoms with Crippen LogP contribution in [0.2, 0.25) is 0 Å². The molecule has 0 aromatic heterocycles. The van der Waals surface area contributed by atoms with Gasteiger partial charge in [0.05, 0.1) is 17.8 Å². The number of ether oxygens (including phenoxy) is 1. The molecule has 1 saturated heterocycles. The Morgan fingerprint density at radius 2 is 1.80 bits per heavy atom. The minimum absolute atomic E-state index is 0.416. The van der Waals surface area contributed by atoms with Gasteiger partial charge in [0, 0.05) is 0 Å². The maximum atomic E-state index is 10.0. The molecule has 1 aliphatic heterocycles. The minimum Gasteiger partial charge on any atom is -0.390 e. The SMILES string of the molecule is CC1CCC2CCC(C(C)(C)O)CC2O1. The third kappa shape index (κ3) is 2.54. The summed E-state index contributed by atoms with van der Waals surface area (Å²) >= 11 is 0. The van der Waals surface area contributed by atoms with Gasteiger partial charge < -0.3 is 9.84 Å². The molecule has 1 saturated carbocycles. The van der Waals surface area contributed by atoms with Crippen LogP contribution in [0.5, 0.6) is 0 Å². The van der Waals surface area contributed by atoms with Gasteiger partial charge in [0.2, 0.25) is 0 Å². The summed E-state index contributed by atoms with van der Waals surface area (Å²) in [6.45, 7) is 6.04. The van der Waals surface area contributed by atoms with Gasteiger partial charge in [-0.25, -0.2) is 0 Å². The molecule has 4 unspecified atom stereocenters. The maximum Gasteiger partial charge on any atom is 0.0620 e. The summed E-state index contributed by atoms with van der Waals surface area (Å²) in [5.74, 6) is 1.18. The molecule has 0 aromatic rings. The van der Waals surface area contributed by atoms with E-state index < -0.39 is 5.60 Å². The Morgan fingerprint density at radius 1 is 1.13 bits per heavy atom. The molecular formula is C13H24O2. The largest absolute Gasteiger partial charge is 0.390 e. The Kier molecular flexibility index (Phi) is 3.09. The molecule has 2 fully saturated rings. The summed E-state index contributed by atoms with van der Waals surface area (Å²) in [6.07, 6.45) is 6.84. The Labute approximate surface area is 93.0 Å². The van der Waals surface area contributed by atoms with Crippen LogP contribution in [0.15, 0.2) is 0 Å². The van der Waals surface area contributed by atoms with Crippen molar-refractivity contribution >= 4 is 0 Å². The van der Waals surface area contributed by atoms with Crippen LogP contribution in [0, 0.1) is 11.8 Å². The Bertz CT molecular complexity index is 219. The number of aliphatic hydroxyl groups is 1. The highest BCUT2D eigenvalue weighted by Crippen LogP contribution is 2.41. The molecule has 15 heavy (non-hydrogen) atoms. The summed E-state index contributed by atoms with van der Waals surface area (Å²) in [6, 6.07) is 0. The first kappa shape index (κ1) is 11.4. The summed E-state index contributed by atoms with van der Waals surface area (Å²) in [5.41, 5.74) is -0.533. The predicted molar refractivity (Wildman–Crippen MR) is 60.7 cm³/mol. The van der Waals surface area contributed by atoms with E-state index >= 15 is 0 Å². The van der Waals surface area contributed by atoms with Crippen molar-refractivity contribution in [3.63, 3.8) is 0 Å². The molecule has 0 spiro atoms. The lowest BCUT2D eigenvalue weighted by molar-refractivity contribution is -0.124. The monoisotopic (exact) mass is 212 g/mol. The fourth-order valence-electron chi connectivity index (χ4n) is 3.15. The zero-order valence-corrected chi connectivity index (χ0v) is 10.2. The van der Waals surface area contributed by atoms with Crippen LogP contribution in [-0.2, 0) is 4.74 Å². The number of hydrogen-bond donors (Lipinski definition) is 1. The molecule has 4 atom stereocenters. The number of hydrogen-bond acceptors (Lipinski definition) is 2. The van der Waals surface area contributed by atoms with Gasteiger partial charge >= 0.3 is 0 Å². The van der Waals surface area contributed by atoms with Gasteiger partial charge in [0.15, 0.2) is 0 Å². The van der Waals surface area contributed by atoms with Crippen LogP contribution < -0.4 is 0 Å². The standard InChI is InChI=1S/C13H24O2/c1-9-4-5-10-6-7-11(13(2,3)14)8-12(10)15-9/h9-12,14H,4-8H2,1-3H3. The second-order valence-corrected chi connectivity index (χ2v) is 5.99. The van der Waals surface area contributed by atoms with Crippen LogP contribution in [0.4, 0.5) is 0 Å². The van der Waals surface area contributed by atoms with Crippen LogP contribution in [0.1, 0.15) is 52.9 Å². The molecule has 0 amide bonds. The van der Waals surface area contributed by atoms with Crippen molar-refractivity contribution in [2.45, 2.75) is 70.7 Å². The van der Waals surface area contributed by atoms with E-state index in [-0.39, 0.29) is 0 Å². The van der Waals surface area contributed by atoms with E-state index in [0.29, 0.717) is 18.1 Å². The fourth-order valence-corrected chi connectivity index (χ4v) is 3.15. The highest BCUT2D eigenvalue weighted by molar-refractivity contribution is 4.90. The van der Waals surface area contributed by atoms with E-state index in [1.54, 1.807) is 0 Å². The zero-order chi connectivity index (χ0) is 11.1. The van der Waals surface area contributed by atoms with Crippen LogP contribution in [0.3, 0.4) is 0 Å². The van der Waals surface area contributed by atoms with Crippen molar-refractivity contribution in [2.75, 3.05) is 0 Å². The van der Waals surface area contributed by atoms with Crippen molar-refractivity contribution in [2.24, 2.45) is 11.8 Å². The Hall–Kier alpha value is -0.0800. The lowest BCUT2D eigenvalue weighted by atomic mass is 9.71. The minimum atomic E-state index is -0.533. The summed E-state index contributed by atoms with van der Waals surface area (Å²) in [5, 5.41) is 10.0. The molecule has 1 heterocycles. The van der Waals surface area contributed by atoms with Gasteiger partial charge in [-0.2, -0.15) is 0 Å². The number of fused-ring (bicyclic) bond motifs is 1. The molecule has 1 N–H and O–H groups in total. The topological polar surface area (TPSA) is 29.5 Å². The normalized spacial score (nSPS) is 42.4. The average Bonchev–Trinajstić information content (AvgIpc) is 2.15. The van der Waals surface area contributed by atoms with E-state index in [0.717, 1.165) is 12.3 Å². The van der Waals surface area contributed by atoms with Gasteiger partial charge in [-0.3, -0.25) is 0 Å². The highest BCUT2D eigenvalue weighted by Gasteiger charge is 2.39. The van der Waals surface area contributed by atoms with E-state index in [2.05, 4.69) is 6.92 Å². The molecule has 0 bridgehead atoms. The molecule has 0 radical (unpaired) electrons. The van der Waals surface area contributed by atoms with Gasteiger partial charge in [-0.05, 0) is 64.7 Å². The van der Waals surface area contributed by atoms with Crippen LogP contribution >= 0.6 is 0 Å². The lowest BCUT2D eigenvalue weighted by Crippen LogP contribution is -2.44. The third-order valence-electron chi connectivity index (χ3n) is 4.28. The quantitative estimate of drug-likeness (QED) is 0.724. The predicted octanol–water partition coefficient (Wildman–Crippen LogP) is 2.74. The molecule has 2 rings (SSSR count). The first-order chi connectivity index (χ1) is 6.97. The maximum absolute atomic E-state index is 10.0. The first-order valence-electron chi connectivity index (χ1n) is 6.34. The van der Waals surface area contributed by atoms with E-state index in [4.69, 9.17) is 4.74 Å². The van der Waals surface area contributed by atoms with Gasteiger partial charge in [0.1, 0.15) is 0 Å². The third-order valence-corrected chi connectivity index (χ3v) is 4.28. The van der Waals surface area contributed by atoms with E-state index in [1.807, 2.05) is 13.8 Å². The zero-order valence-electron chi connectivity index (χ0n) is 10.2. The van der Waals surface area contributed by atoms with E-state index in [9.17, 15) is 5.11 Å². The molecule has 2 heteroatoms. The van der Waals surface area contributed by atoms with Gasteiger partial charge in [0.25, 0.3) is 0 Å². The smallest absolute Gasteiger partial charge is 0.0620 e. The van der Waals surface area contributed by atoms with Crippen molar-refractivity contribution in [1.29, 1.82) is 0 Å². The van der Waals surface area contributed by atoms with Gasteiger partial charge in [-0.1, -0.05) is 0 Å². The lowest BCUT2D eigenvalue weighted by Gasteiger charge is -2.44. The first-order valence-corrected chi connectivity index (χ1v) is 6.34. The van der Waals surface area contributed by atoms with Crippen molar-refractivity contribution in [3.05, 3.63) is 0 Å². The van der Waals surface area contributed by atoms with Crippen LogP contribution in [0.25, 0.3) is 0 Å². The second-order valence-electron chi connectivity index (χ2n) is 5.99. The van der Waals surface area contributed by atoms with Crippen LogP contribution in [-0.4, -0.2) is 22.9 Å². The fraction of sp³-hybridized carbons (Fsp3) is 1.00. The summed E-state index contributed by atoms with van der Waals surface area (Å²) < 4.78 is 6.00. The van der Waals surface area contributed by atoms with Gasteiger partial charge in [-0.15, -0.1) is 0 Å². The molecule has 2 aliphatic rings. The van der Waals surface area contributed by atoms with Crippen molar-refractivity contribution in [1.82, 2.24) is 0 Å². The second kappa shape index (κ2) is 4.06. The van der Waals surface area contributed by atoms with Crippen molar-refractivity contribution in [3.8, 4) is 0 Å². The molecule has 1 aliphatic carbocycles. The molecule has 88 valence electrons. The average molecular weight is 212 g/mol. The molecule has 0 aromatic carbocycles. The Balaban J connectivity index is 1.97. The summed E-state index contributed by atoms with van der Waals surface area (Å²) in [7, 11) is 0.